The van der Waals surface area contributed by atoms with E-state index in [2.05, 4.69) is 44.9 Å². The van der Waals surface area contributed by atoms with Crippen molar-refractivity contribution in [3.05, 3.63) is 35.7 Å². The first-order valence-electron chi connectivity index (χ1n) is 9.98. The average Bonchev–Trinajstić information content (AvgIpc) is 3.08. The fourth-order valence-electron chi connectivity index (χ4n) is 3.06. The Morgan fingerprint density at radius 3 is 2.72 bits per heavy atom. The molecule has 2 atom stereocenters. The van der Waals surface area contributed by atoms with Gasteiger partial charge in [-0.25, -0.2) is 0 Å². The molecule has 2 aromatic rings. The minimum absolute atomic E-state index is 0.128. The van der Waals surface area contributed by atoms with Gasteiger partial charge in [0.1, 0.15) is 0 Å². The Hall–Kier alpha value is -2.37. The number of thioether (sulfide) groups is 1. The van der Waals surface area contributed by atoms with Crippen LogP contribution < -0.4 is 5.32 Å². The Balaban J connectivity index is 2.17. The van der Waals surface area contributed by atoms with Gasteiger partial charge < -0.3 is 9.88 Å². The van der Waals surface area contributed by atoms with Crippen LogP contribution in [0, 0.1) is 11.3 Å². The smallest absolute Gasteiger partial charge is 0.237 e. The lowest BCUT2D eigenvalue weighted by Crippen LogP contribution is -2.24. The predicted molar refractivity (Wildman–Crippen MR) is 117 cm³/mol. The third-order valence-electron chi connectivity index (χ3n) is 4.70. The number of aromatic nitrogens is 3. The molecule has 156 valence electrons. The highest BCUT2D eigenvalue weighted by Crippen LogP contribution is 2.28. The normalized spacial score (nSPS) is 13.1. The molecule has 0 aliphatic rings. The van der Waals surface area contributed by atoms with E-state index in [9.17, 15) is 4.79 Å². The third kappa shape index (κ3) is 6.05. The zero-order chi connectivity index (χ0) is 21.4. The number of nitriles is 1. The predicted octanol–water partition coefficient (Wildman–Crippen LogP) is 4.08. The molecule has 0 spiro atoms. The molecule has 1 N–H and O–H groups in total. The van der Waals surface area contributed by atoms with Crippen molar-refractivity contribution in [2.24, 2.45) is 0 Å². The van der Waals surface area contributed by atoms with E-state index in [1.54, 1.807) is 24.3 Å². The second kappa shape index (κ2) is 11.0. The minimum atomic E-state index is -0.349. The molecule has 7 nitrogen and oxygen atoms in total. The second-order valence-corrected chi connectivity index (χ2v) is 8.48. The van der Waals surface area contributed by atoms with Crippen LogP contribution in [0.1, 0.15) is 57.5 Å². The molecule has 1 heterocycles. The minimum Gasteiger partial charge on any atom is -0.325 e. The number of carbonyl (C=O) groups is 1. The van der Waals surface area contributed by atoms with E-state index in [4.69, 9.17) is 5.26 Å². The molecule has 0 unspecified atom stereocenters. The van der Waals surface area contributed by atoms with Gasteiger partial charge in [-0.1, -0.05) is 38.1 Å². The van der Waals surface area contributed by atoms with E-state index < -0.39 is 0 Å². The molecule has 0 bridgehead atoms. The van der Waals surface area contributed by atoms with Crippen LogP contribution in [-0.4, -0.2) is 44.9 Å². The van der Waals surface area contributed by atoms with Crippen molar-refractivity contribution in [1.82, 2.24) is 19.7 Å². The second-order valence-electron chi connectivity index (χ2n) is 7.18. The largest absolute Gasteiger partial charge is 0.325 e. The van der Waals surface area contributed by atoms with Crippen molar-refractivity contribution in [3.8, 4) is 6.07 Å². The topological polar surface area (TPSA) is 86.8 Å². The van der Waals surface area contributed by atoms with E-state index in [-0.39, 0.29) is 17.2 Å². The van der Waals surface area contributed by atoms with Gasteiger partial charge in [-0.3, -0.25) is 9.69 Å². The highest BCUT2D eigenvalue weighted by molar-refractivity contribution is 8.00. The Morgan fingerprint density at radius 1 is 1.34 bits per heavy atom. The average molecular weight is 415 g/mol. The molecule has 1 amide bonds. The van der Waals surface area contributed by atoms with E-state index in [0.717, 1.165) is 36.8 Å². The van der Waals surface area contributed by atoms with Crippen LogP contribution in [0.2, 0.25) is 0 Å². The number of anilines is 1. The van der Waals surface area contributed by atoms with Crippen LogP contribution in [0.25, 0.3) is 0 Å². The van der Waals surface area contributed by atoms with Crippen molar-refractivity contribution in [3.63, 3.8) is 0 Å². The van der Waals surface area contributed by atoms with Gasteiger partial charge in [0.2, 0.25) is 5.91 Å². The molecular formula is C21H30N6OS. The SMILES string of the molecule is CCCCn1c(S[C@@H](C)C(=O)Nc2cccc(C#N)c2)nnc1[C@H](CC)N(C)C. The zero-order valence-corrected chi connectivity index (χ0v) is 18.7. The standard InChI is InChI=1S/C21H30N6OS/c1-6-8-12-27-19(18(7-2)26(4)5)24-25-21(27)29-15(3)20(28)23-17-11-9-10-16(13-17)14-22/h9-11,13,15,18H,6-8,12H2,1-5H3,(H,23,28)/t15-,18-/m0/s1. The van der Waals surface area contributed by atoms with Crippen LogP contribution >= 0.6 is 11.8 Å². The van der Waals surface area contributed by atoms with E-state index >= 15 is 0 Å². The maximum absolute atomic E-state index is 12.7. The summed E-state index contributed by atoms with van der Waals surface area (Å²) in [6.45, 7) is 6.99. The van der Waals surface area contributed by atoms with Crippen molar-refractivity contribution in [1.29, 1.82) is 5.26 Å². The maximum atomic E-state index is 12.7. The van der Waals surface area contributed by atoms with Gasteiger partial charge in [0.25, 0.3) is 0 Å². The van der Waals surface area contributed by atoms with Gasteiger partial charge in [-0.2, -0.15) is 5.26 Å². The van der Waals surface area contributed by atoms with Crippen molar-refractivity contribution < 1.29 is 4.79 Å². The number of amides is 1. The highest BCUT2D eigenvalue weighted by atomic mass is 32.2. The van der Waals surface area contributed by atoms with Gasteiger partial charge in [0, 0.05) is 12.2 Å². The van der Waals surface area contributed by atoms with Crippen molar-refractivity contribution in [2.75, 3.05) is 19.4 Å². The van der Waals surface area contributed by atoms with E-state index in [1.165, 1.54) is 11.8 Å². The summed E-state index contributed by atoms with van der Waals surface area (Å²) in [5.41, 5.74) is 1.13. The summed E-state index contributed by atoms with van der Waals surface area (Å²) in [6.07, 6.45) is 3.04. The Kier molecular flexibility index (Phi) is 8.68. The molecule has 29 heavy (non-hydrogen) atoms. The summed E-state index contributed by atoms with van der Waals surface area (Å²) in [6, 6.07) is 9.18. The summed E-state index contributed by atoms with van der Waals surface area (Å²) in [7, 11) is 4.09. The lowest BCUT2D eigenvalue weighted by molar-refractivity contribution is -0.115. The Bertz CT molecular complexity index is 857. The molecule has 1 aromatic carbocycles. The van der Waals surface area contributed by atoms with E-state index in [0.29, 0.717) is 11.3 Å². The zero-order valence-electron chi connectivity index (χ0n) is 17.8. The van der Waals surface area contributed by atoms with E-state index in [1.807, 2.05) is 21.0 Å². The number of rotatable bonds is 10. The van der Waals surface area contributed by atoms with Crippen LogP contribution in [0.15, 0.2) is 29.4 Å². The Morgan fingerprint density at radius 2 is 2.10 bits per heavy atom. The van der Waals surface area contributed by atoms with Crippen LogP contribution in [-0.2, 0) is 11.3 Å². The molecule has 0 saturated heterocycles. The summed E-state index contributed by atoms with van der Waals surface area (Å²) >= 11 is 1.41. The number of hydrogen-bond donors (Lipinski definition) is 1. The summed E-state index contributed by atoms with van der Waals surface area (Å²) in [4.78, 5) is 14.8. The van der Waals surface area contributed by atoms with Gasteiger partial charge >= 0.3 is 0 Å². The Labute approximate surface area is 177 Å². The summed E-state index contributed by atoms with van der Waals surface area (Å²) in [5, 5.41) is 21.2. The number of nitrogens with zero attached hydrogens (tertiary/aromatic N) is 5. The lowest BCUT2D eigenvalue weighted by atomic mass is 10.2. The number of hydrogen-bond acceptors (Lipinski definition) is 6. The first-order chi connectivity index (χ1) is 13.9. The third-order valence-corrected chi connectivity index (χ3v) is 5.78. The van der Waals surface area contributed by atoms with Crippen LogP contribution in [0.3, 0.4) is 0 Å². The van der Waals surface area contributed by atoms with Crippen LogP contribution in [0.5, 0.6) is 0 Å². The van der Waals surface area contributed by atoms with Gasteiger partial charge in [0.05, 0.1) is 22.9 Å². The molecule has 0 saturated carbocycles. The summed E-state index contributed by atoms with van der Waals surface area (Å²) < 4.78 is 2.16. The van der Waals surface area contributed by atoms with Gasteiger partial charge in [-0.15, -0.1) is 10.2 Å². The molecule has 1 aromatic heterocycles. The molecular weight excluding hydrogens is 384 g/mol. The maximum Gasteiger partial charge on any atom is 0.237 e. The van der Waals surface area contributed by atoms with Gasteiger partial charge in [-0.05, 0) is 52.1 Å². The number of nitrogens with one attached hydrogen (secondary N) is 1. The molecule has 0 radical (unpaired) electrons. The molecule has 8 heteroatoms. The quantitative estimate of drug-likeness (QED) is 0.590. The fourth-order valence-corrected chi connectivity index (χ4v) is 3.94. The molecule has 2 rings (SSSR count). The number of unbranched alkanes of at least 4 members (excludes halogenated alkanes) is 1. The summed E-state index contributed by atoms with van der Waals surface area (Å²) in [5.74, 6) is 0.819. The van der Waals surface area contributed by atoms with Crippen LogP contribution in [0.4, 0.5) is 5.69 Å². The number of benzene rings is 1. The number of carbonyl (C=O) groups excluding carboxylic acids is 1. The molecule has 0 aliphatic carbocycles. The highest BCUT2D eigenvalue weighted by Gasteiger charge is 2.24. The first kappa shape index (κ1) is 22.9. The monoisotopic (exact) mass is 414 g/mol. The first-order valence-corrected chi connectivity index (χ1v) is 10.9. The molecule has 0 fully saturated rings. The van der Waals surface area contributed by atoms with Crippen molar-refractivity contribution >= 4 is 23.4 Å². The van der Waals surface area contributed by atoms with Crippen molar-refractivity contribution in [2.45, 2.75) is 63.0 Å². The van der Waals surface area contributed by atoms with Gasteiger partial charge in [0.15, 0.2) is 11.0 Å². The molecule has 0 aliphatic heterocycles. The lowest BCUT2D eigenvalue weighted by Gasteiger charge is -2.23. The fraction of sp³-hybridized carbons (Fsp3) is 0.524.